The van der Waals surface area contributed by atoms with Gasteiger partial charge in [0.15, 0.2) is 11.3 Å². The number of aromatic hydroxyl groups is 1. The number of hydrogen-bond donors (Lipinski definition) is 1. The van der Waals surface area contributed by atoms with Crippen molar-refractivity contribution in [1.82, 2.24) is 5.06 Å². The third-order valence-electron chi connectivity index (χ3n) is 3.22. The van der Waals surface area contributed by atoms with Crippen LogP contribution >= 0.6 is 0 Å². The van der Waals surface area contributed by atoms with Crippen LogP contribution in [0, 0.1) is 5.82 Å². The number of hydrogen-bond acceptors (Lipinski definition) is 7. The summed E-state index contributed by atoms with van der Waals surface area (Å²) in [5.74, 6) is -4.56. The molecule has 0 radical (unpaired) electrons. The number of amides is 2. The third-order valence-corrected chi connectivity index (χ3v) is 3.22. The molecule has 2 aromatic rings. The molecule has 1 fully saturated rings. The lowest BCUT2D eigenvalue weighted by Gasteiger charge is -2.12. The summed E-state index contributed by atoms with van der Waals surface area (Å²) >= 11 is 0. The van der Waals surface area contributed by atoms with E-state index in [-0.39, 0.29) is 23.3 Å². The van der Waals surface area contributed by atoms with E-state index in [0.717, 1.165) is 12.1 Å². The minimum atomic E-state index is -1.28. The molecular formula is C14H8FNO7. The maximum Gasteiger partial charge on any atom is 0.371 e. The lowest BCUT2D eigenvalue weighted by atomic mass is 10.1. The highest BCUT2D eigenvalue weighted by Crippen LogP contribution is 2.25. The van der Waals surface area contributed by atoms with Gasteiger partial charge in [-0.3, -0.25) is 9.59 Å². The summed E-state index contributed by atoms with van der Waals surface area (Å²) in [7, 11) is 0. The number of rotatable bonds is 2. The average molecular weight is 321 g/mol. The summed E-state index contributed by atoms with van der Waals surface area (Å²) in [5, 5.41) is 9.52. The van der Waals surface area contributed by atoms with E-state index in [1.54, 1.807) is 0 Å². The molecule has 0 unspecified atom stereocenters. The smallest absolute Gasteiger partial charge is 0.371 e. The van der Waals surface area contributed by atoms with E-state index in [1.807, 2.05) is 0 Å². The van der Waals surface area contributed by atoms with Crippen LogP contribution in [0.25, 0.3) is 11.0 Å². The second-order valence-electron chi connectivity index (χ2n) is 4.73. The quantitative estimate of drug-likeness (QED) is 0.644. The van der Waals surface area contributed by atoms with Crippen molar-refractivity contribution in [2.45, 2.75) is 12.8 Å². The summed E-state index contributed by atoms with van der Waals surface area (Å²) in [4.78, 5) is 51.1. The topological polar surface area (TPSA) is 114 Å². The number of carbonyl (C=O) groups excluding carboxylic acids is 3. The molecule has 2 amide bonds. The van der Waals surface area contributed by atoms with E-state index in [0.29, 0.717) is 0 Å². The fourth-order valence-electron chi connectivity index (χ4n) is 2.07. The molecule has 2 heterocycles. The Hall–Kier alpha value is -3.23. The standard InChI is InChI=1S/C14H8FNO7/c15-11-8(17)2-1-6-5-7(13(20)22-12(6)11)14(21)23-16-9(18)3-4-10(16)19/h1-2,5,17H,3-4H2. The zero-order chi connectivity index (χ0) is 16.7. The van der Waals surface area contributed by atoms with E-state index >= 15 is 0 Å². The maximum atomic E-state index is 13.6. The van der Waals surface area contributed by atoms with E-state index in [9.17, 15) is 28.7 Å². The number of benzene rings is 1. The van der Waals surface area contributed by atoms with Crippen LogP contribution in [-0.2, 0) is 14.4 Å². The Balaban J connectivity index is 2.00. The van der Waals surface area contributed by atoms with Gasteiger partial charge in [0.25, 0.3) is 11.8 Å². The molecule has 23 heavy (non-hydrogen) atoms. The Kier molecular flexibility index (Phi) is 3.32. The van der Waals surface area contributed by atoms with E-state index in [1.165, 1.54) is 6.07 Å². The SMILES string of the molecule is O=C(ON1C(=O)CCC1=O)c1cc2ccc(O)c(F)c2oc1=O. The first-order chi connectivity index (χ1) is 10.9. The Morgan fingerprint density at radius 3 is 2.52 bits per heavy atom. The number of carbonyl (C=O) groups is 3. The lowest BCUT2D eigenvalue weighted by molar-refractivity contribution is -0.172. The van der Waals surface area contributed by atoms with Gasteiger partial charge in [-0.05, 0) is 18.2 Å². The molecule has 1 aromatic carbocycles. The van der Waals surface area contributed by atoms with Gasteiger partial charge in [-0.15, -0.1) is 5.06 Å². The van der Waals surface area contributed by atoms with Crippen LogP contribution in [0.15, 0.2) is 27.4 Å². The van der Waals surface area contributed by atoms with Gasteiger partial charge in [0.05, 0.1) is 0 Å². The minimum absolute atomic E-state index is 0.0194. The van der Waals surface area contributed by atoms with Gasteiger partial charge in [0.1, 0.15) is 5.56 Å². The minimum Gasteiger partial charge on any atom is -0.505 e. The zero-order valence-corrected chi connectivity index (χ0v) is 11.4. The Morgan fingerprint density at radius 1 is 1.22 bits per heavy atom. The Bertz CT molecular complexity index is 901. The van der Waals surface area contributed by atoms with Crippen LogP contribution in [0.3, 0.4) is 0 Å². The van der Waals surface area contributed by atoms with Gasteiger partial charge < -0.3 is 14.4 Å². The zero-order valence-electron chi connectivity index (χ0n) is 11.4. The molecule has 8 nitrogen and oxygen atoms in total. The highest BCUT2D eigenvalue weighted by Gasteiger charge is 2.34. The van der Waals surface area contributed by atoms with E-state index in [4.69, 9.17) is 0 Å². The second-order valence-corrected chi connectivity index (χ2v) is 4.73. The largest absolute Gasteiger partial charge is 0.505 e. The summed E-state index contributed by atoms with van der Waals surface area (Å²) in [5.41, 5.74) is -2.37. The number of nitrogens with zero attached hydrogens (tertiary/aromatic N) is 1. The average Bonchev–Trinajstić information content (AvgIpc) is 2.83. The molecule has 0 spiro atoms. The predicted molar refractivity (Wildman–Crippen MR) is 70.6 cm³/mol. The van der Waals surface area contributed by atoms with Gasteiger partial charge in [-0.1, -0.05) is 0 Å². The molecule has 118 valence electrons. The molecule has 0 aliphatic carbocycles. The van der Waals surface area contributed by atoms with Crippen LogP contribution in [0.1, 0.15) is 23.2 Å². The summed E-state index contributed by atoms with van der Waals surface area (Å²) in [6.07, 6.45) is -0.189. The van der Waals surface area contributed by atoms with Crippen molar-refractivity contribution >= 4 is 28.8 Å². The van der Waals surface area contributed by atoms with Crippen LogP contribution in [0.2, 0.25) is 0 Å². The predicted octanol–water partition coefficient (Wildman–Crippen LogP) is 0.858. The van der Waals surface area contributed by atoms with Crippen molar-refractivity contribution in [3.63, 3.8) is 0 Å². The summed E-state index contributed by atoms with van der Waals surface area (Å²) < 4.78 is 18.3. The van der Waals surface area contributed by atoms with Crippen molar-refractivity contribution in [3.05, 3.63) is 40.0 Å². The first kappa shape index (κ1) is 14.7. The number of halogens is 1. The van der Waals surface area contributed by atoms with Gasteiger partial charge in [-0.2, -0.15) is 4.39 Å². The Labute approximate surface area is 126 Å². The lowest BCUT2D eigenvalue weighted by Crippen LogP contribution is -2.33. The van der Waals surface area contributed by atoms with Crippen LogP contribution in [0.4, 0.5) is 4.39 Å². The molecule has 0 bridgehead atoms. The number of phenols is 1. The number of imide groups is 1. The fraction of sp³-hybridized carbons (Fsp3) is 0.143. The molecule has 3 rings (SSSR count). The fourth-order valence-corrected chi connectivity index (χ4v) is 2.07. The normalized spacial score (nSPS) is 14.6. The van der Waals surface area contributed by atoms with Crippen LogP contribution in [0.5, 0.6) is 5.75 Å². The highest BCUT2D eigenvalue weighted by molar-refractivity contribution is 6.03. The second kappa shape index (κ2) is 5.20. The Morgan fingerprint density at radius 2 is 1.87 bits per heavy atom. The highest BCUT2D eigenvalue weighted by atomic mass is 19.1. The van der Waals surface area contributed by atoms with Crippen molar-refractivity contribution < 1.29 is 33.1 Å². The van der Waals surface area contributed by atoms with Crippen LogP contribution in [-0.4, -0.2) is 28.0 Å². The molecule has 0 atom stereocenters. The molecule has 1 N–H and O–H groups in total. The number of phenolic OH excluding ortho intramolecular Hbond substituents is 1. The number of fused-ring (bicyclic) bond motifs is 1. The third kappa shape index (κ3) is 2.41. The van der Waals surface area contributed by atoms with Crippen molar-refractivity contribution in [1.29, 1.82) is 0 Å². The van der Waals surface area contributed by atoms with Gasteiger partial charge in [-0.25, -0.2) is 9.59 Å². The molecule has 9 heteroatoms. The molecule has 1 saturated heterocycles. The van der Waals surface area contributed by atoms with Crippen molar-refractivity contribution in [2.75, 3.05) is 0 Å². The first-order valence-electron chi connectivity index (χ1n) is 6.42. The molecule has 1 aliphatic heterocycles. The van der Waals surface area contributed by atoms with E-state index in [2.05, 4.69) is 9.25 Å². The summed E-state index contributed by atoms with van der Waals surface area (Å²) in [6.45, 7) is 0. The summed E-state index contributed by atoms with van der Waals surface area (Å²) in [6, 6.07) is 3.22. The van der Waals surface area contributed by atoms with Gasteiger partial charge >= 0.3 is 11.6 Å². The monoisotopic (exact) mass is 321 g/mol. The first-order valence-corrected chi connectivity index (χ1v) is 6.42. The van der Waals surface area contributed by atoms with E-state index < -0.39 is 46.1 Å². The molecule has 1 aromatic heterocycles. The number of hydroxylamine groups is 2. The van der Waals surface area contributed by atoms with Gasteiger partial charge in [0.2, 0.25) is 5.82 Å². The molecular weight excluding hydrogens is 313 g/mol. The van der Waals surface area contributed by atoms with Gasteiger partial charge in [0, 0.05) is 18.2 Å². The van der Waals surface area contributed by atoms with Crippen molar-refractivity contribution in [3.8, 4) is 5.75 Å². The van der Waals surface area contributed by atoms with Crippen LogP contribution < -0.4 is 5.63 Å². The molecule has 1 aliphatic rings. The van der Waals surface area contributed by atoms with Crippen molar-refractivity contribution in [2.24, 2.45) is 0 Å². The maximum absolute atomic E-state index is 13.6. The molecule has 0 saturated carbocycles.